The Morgan fingerprint density at radius 1 is 1.37 bits per heavy atom. The molecule has 0 saturated heterocycles. The molecule has 1 aromatic carbocycles. The Labute approximate surface area is 115 Å². The van der Waals surface area contributed by atoms with Gasteiger partial charge in [-0.3, -0.25) is 4.79 Å². The van der Waals surface area contributed by atoms with E-state index >= 15 is 0 Å². The summed E-state index contributed by atoms with van der Waals surface area (Å²) < 4.78 is 5.04. The normalized spacial score (nSPS) is 22.1. The summed E-state index contributed by atoms with van der Waals surface area (Å²) in [7, 11) is 1.47. The zero-order valence-corrected chi connectivity index (χ0v) is 12.0. The van der Waals surface area contributed by atoms with Gasteiger partial charge in [0.05, 0.1) is 7.11 Å². The van der Waals surface area contributed by atoms with E-state index in [0.717, 1.165) is 25.8 Å². The number of carbonyl (C=O) groups is 1. The molecule has 0 amide bonds. The first-order valence-corrected chi connectivity index (χ1v) is 6.97. The lowest BCUT2D eigenvalue weighted by Gasteiger charge is -2.37. The maximum atomic E-state index is 12.2. The molecule has 0 radical (unpaired) electrons. The fourth-order valence-corrected chi connectivity index (χ4v) is 2.73. The van der Waals surface area contributed by atoms with Crippen molar-refractivity contribution < 1.29 is 9.53 Å². The van der Waals surface area contributed by atoms with Gasteiger partial charge in [-0.2, -0.15) is 0 Å². The highest BCUT2D eigenvalue weighted by molar-refractivity contribution is 5.81. The Morgan fingerprint density at radius 2 is 2.05 bits per heavy atom. The third kappa shape index (κ3) is 2.98. The number of hydrogen-bond acceptors (Lipinski definition) is 3. The van der Waals surface area contributed by atoms with E-state index in [2.05, 4.69) is 37.4 Å². The van der Waals surface area contributed by atoms with Crippen LogP contribution in [-0.2, 0) is 22.4 Å². The molecule has 0 saturated carbocycles. The topological polar surface area (TPSA) is 38.3 Å². The van der Waals surface area contributed by atoms with Crippen molar-refractivity contribution in [3.05, 3.63) is 35.4 Å². The predicted molar refractivity (Wildman–Crippen MR) is 76.1 cm³/mol. The van der Waals surface area contributed by atoms with Gasteiger partial charge in [0.25, 0.3) is 0 Å². The molecule has 0 aromatic heterocycles. The number of benzene rings is 1. The quantitative estimate of drug-likeness (QED) is 0.845. The second-order valence-electron chi connectivity index (χ2n) is 5.79. The lowest BCUT2D eigenvalue weighted by atomic mass is 9.77. The summed E-state index contributed by atoms with van der Waals surface area (Å²) in [4.78, 5) is 12.2. The van der Waals surface area contributed by atoms with Crippen molar-refractivity contribution in [1.29, 1.82) is 0 Å². The second kappa shape index (κ2) is 5.74. The van der Waals surface area contributed by atoms with Crippen molar-refractivity contribution in [1.82, 2.24) is 5.32 Å². The third-order valence-corrected chi connectivity index (χ3v) is 3.86. The maximum Gasteiger partial charge on any atom is 0.326 e. The van der Waals surface area contributed by atoms with Gasteiger partial charge in [-0.15, -0.1) is 0 Å². The molecular formula is C16H23NO2. The van der Waals surface area contributed by atoms with Gasteiger partial charge < -0.3 is 10.1 Å². The van der Waals surface area contributed by atoms with Crippen LogP contribution in [0.1, 0.15) is 31.4 Å². The average molecular weight is 261 g/mol. The summed E-state index contributed by atoms with van der Waals surface area (Å²) in [6.07, 6.45) is 2.46. The lowest BCUT2D eigenvalue weighted by molar-refractivity contribution is -0.149. The van der Waals surface area contributed by atoms with Gasteiger partial charge in [0, 0.05) is 6.42 Å². The number of carbonyl (C=O) groups excluding carboxylic acids is 1. The smallest absolute Gasteiger partial charge is 0.326 e. The van der Waals surface area contributed by atoms with Crippen molar-refractivity contribution in [2.75, 3.05) is 13.7 Å². The highest BCUT2D eigenvalue weighted by Crippen LogP contribution is 2.30. The molecule has 0 spiro atoms. The first-order chi connectivity index (χ1) is 9.07. The van der Waals surface area contributed by atoms with E-state index < -0.39 is 5.54 Å². The van der Waals surface area contributed by atoms with Gasteiger partial charge in [-0.25, -0.2) is 0 Å². The standard InChI is InChI=1S/C16H23NO2/c1-12(2)11-17-16(15(18)19-3)9-8-13-6-4-5-7-14(13)10-16/h4-7,12,17H,8-11H2,1-3H3. The molecule has 1 atom stereocenters. The minimum atomic E-state index is -0.548. The van der Waals surface area contributed by atoms with Gasteiger partial charge in [-0.1, -0.05) is 38.1 Å². The maximum absolute atomic E-state index is 12.2. The minimum Gasteiger partial charge on any atom is -0.468 e. The van der Waals surface area contributed by atoms with Crippen molar-refractivity contribution >= 4 is 5.97 Å². The summed E-state index contributed by atoms with van der Waals surface area (Å²) in [5.41, 5.74) is 2.07. The number of aryl methyl sites for hydroxylation is 1. The van der Waals surface area contributed by atoms with E-state index in [1.165, 1.54) is 18.2 Å². The highest BCUT2D eigenvalue weighted by Gasteiger charge is 2.41. The molecule has 0 aliphatic heterocycles. The summed E-state index contributed by atoms with van der Waals surface area (Å²) in [5, 5.41) is 3.45. The molecule has 3 heteroatoms. The molecule has 0 heterocycles. The van der Waals surface area contributed by atoms with Gasteiger partial charge in [0.15, 0.2) is 0 Å². The molecule has 3 nitrogen and oxygen atoms in total. The van der Waals surface area contributed by atoms with E-state index in [-0.39, 0.29) is 5.97 Å². The van der Waals surface area contributed by atoms with E-state index in [4.69, 9.17) is 4.74 Å². The number of hydrogen-bond donors (Lipinski definition) is 1. The second-order valence-corrected chi connectivity index (χ2v) is 5.79. The Kier molecular flexibility index (Phi) is 4.25. The monoisotopic (exact) mass is 261 g/mol. The van der Waals surface area contributed by atoms with Crippen LogP contribution in [0.2, 0.25) is 0 Å². The van der Waals surface area contributed by atoms with Crippen molar-refractivity contribution in [2.24, 2.45) is 5.92 Å². The number of nitrogens with one attached hydrogen (secondary N) is 1. The largest absolute Gasteiger partial charge is 0.468 e. The van der Waals surface area contributed by atoms with E-state index in [9.17, 15) is 4.79 Å². The number of fused-ring (bicyclic) bond motifs is 1. The summed E-state index contributed by atoms with van der Waals surface area (Å²) >= 11 is 0. The number of methoxy groups -OCH3 is 1. The molecule has 104 valence electrons. The number of esters is 1. The van der Waals surface area contributed by atoms with Crippen LogP contribution in [0, 0.1) is 5.92 Å². The van der Waals surface area contributed by atoms with Crippen LogP contribution in [0.5, 0.6) is 0 Å². The van der Waals surface area contributed by atoms with Gasteiger partial charge in [-0.05, 0) is 36.4 Å². The van der Waals surface area contributed by atoms with Crippen LogP contribution in [-0.4, -0.2) is 25.2 Å². The molecule has 1 aromatic rings. The van der Waals surface area contributed by atoms with Crippen LogP contribution in [0.25, 0.3) is 0 Å². The minimum absolute atomic E-state index is 0.136. The molecular weight excluding hydrogens is 238 g/mol. The molecule has 2 rings (SSSR count). The zero-order chi connectivity index (χ0) is 13.9. The fraction of sp³-hybridized carbons (Fsp3) is 0.562. The molecule has 1 N–H and O–H groups in total. The van der Waals surface area contributed by atoms with Crippen LogP contribution in [0.3, 0.4) is 0 Å². The summed E-state index contributed by atoms with van der Waals surface area (Å²) in [6.45, 7) is 5.13. The fourth-order valence-electron chi connectivity index (χ4n) is 2.73. The Bertz CT molecular complexity index is 456. The highest BCUT2D eigenvalue weighted by atomic mass is 16.5. The predicted octanol–water partition coefficient (Wildman–Crippen LogP) is 2.33. The van der Waals surface area contributed by atoms with Crippen LogP contribution >= 0.6 is 0 Å². The first-order valence-electron chi connectivity index (χ1n) is 6.97. The summed E-state index contributed by atoms with van der Waals surface area (Å²) in [5.74, 6) is 0.376. The zero-order valence-electron chi connectivity index (χ0n) is 12.0. The summed E-state index contributed by atoms with van der Waals surface area (Å²) in [6, 6.07) is 8.36. The molecule has 19 heavy (non-hydrogen) atoms. The van der Waals surface area contributed by atoms with E-state index in [1.54, 1.807) is 0 Å². The Balaban J connectivity index is 2.24. The van der Waals surface area contributed by atoms with E-state index in [0.29, 0.717) is 5.92 Å². The Morgan fingerprint density at radius 3 is 2.68 bits per heavy atom. The number of rotatable bonds is 4. The Hall–Kier alpha value is -1.35. The van der Waals surface area contributed by atoms with Crippen LogP contribution < -0.4 is 5.32 Å². The van der Waals surface area contributed by atoms with Crippen molar-refractivity contribution in [2.45, 2.75) is 38.6 Å². The molecule has 1 unspecified atom stereocenters. The molecule has 0 fully saturated rings. The van der Waals surface area contributed by atoms with Gasteiger partial charge in [0.1, 0.15) is 5.54 Å². The van der Waals surface area contributed by atoms with Crippen molar-refractivity contribution in [3.8, 4) is 0 Å². The lowest BCUT2D eigenvalue weighted by Crippen LogP contribution is -2.57. The molecule has 1 aliphatic rings. The van der Waals surface area contributed by atoms with Gasteiger partial charge in [0.2, 0.25) is 0 Å². The first kappa shape index (κ1) is 14.1. The van der Waals surface area contributed by atoms with Crippen molar-refractivity contribution in [3.63, 3.8) is 0 Å². The van der Waals surface area contributed by atoms with Gasteiger partial charge >= 0.3 is 5.97 Å². The average Bonchev–Trinajstić information content (AvgIpc) is 2.44. The molecule has 1 aliphatic carbocycles. The molecule has 0 bridgehead atoms. The number of ether oxygens (including phenoxy) is 1. The SMILES string of the molecule is COC(=O)C1(NCC(C)C)CCc2ccccc2C1. The van der Waals surface area contributed by atoms with Crippen LogP contribution in [0.15, 0.2) is 24.3 Å². The van der Waals surface area contributed by atoms with E-state index in [1.807, 2.05) is 6.07 Å². The third-order valence-electron chi connectivity index (χ3n) is 3.86. The van der Waals surface area contributed by atoms with Crippen LogP contribution in [0.4, 0.5) is 0 Å².